The molecule has 5 aromatic carbocycles. The monoisotopic (exact) mass is 631 g/mol. The smallest absolute Gasteiger partial charge is 0.240 e. The molecule has 0 aliphatic rings. The number of carbonyl (C=O) groups excluding carboxylic acids is 1. The van der Waals surface area contributed by atoms with Crippen molar-refractivity contribution in [1.29, 1.82) is 0 Å². The first-order valence-corrected chi connectivity index (χ1v) is 15.4. The first-order chi connectivity index (χ1) is 21.9. The molecular formula is C38H31Cl2N3O2. The maximum atomic E-state index is 13.4. The number of carbonyl (C=O) groups is 1. The molecule has 0 fully saturated rings. The van der Waals surface area contributed by atoms with Gasteiger partial charge < -0.3 is 14.6 Å². The predicted octanol–water partition coefficient (Wildman–Crippen LogP) is 9.73. The topological polar surface area (TPSA) is 56.2 Å². The summed E-state index contributed by atoms with van der Waals surface area (Å²) in [4.78, 5) is 18.2. The summed E-state index contributed by atoms with van der Waals surface area (Å²) in [6.07, 6.45) is 5.75. The average molecular weight is 633 g/mol. The molecule has 6 rings (SSSR count). The Morgan fingerprint density at radius 1 is 0.889 bits per heavy atom. The second-order valence-corrected chi connectivity index (χ2v) is 11.6. The molecule has 7 heteroatoms. The highest BCUT2D eigenvalue weighted by atomic mass is 35.5. The van der Waals surface area contributed by atoms with Crippen LogP contribution in [0.15, 0.2) is 115 Å². The normalized spacial score (nSPS) is 12.0. The van der Waals surface area contributed by atoms with Gasteiger partial charge in [-0.05, 0) is 76.4 Å². The van der Waals surface area contributed by atoms with Crippen molar-refractivity contribution in [3.8, 4) is 28.1 Å². The summed E-state index contributed by atoms with van der Waals surface area (Å²) in [5.41, 5.74) is 5.67. The van der Waals surface area contributed by atoms with Gasteiger partial charge in [0.2, 0.25) is 5.91 Å². The number of fused-ring (bicyclic) bond motifs is 1. The molecule has 1 N–H and O–H groups in total. The van der Waals surface area contributed by atoms with Crippen LogP contribution in [0.2, 0.25) is 10.0 Å². The molecule has 0 spiro atoms. The van der Waals surface area contributed by atoms with Crippen molar-refractivity contribution >= 4 is 52.0 Å². The number of nitrogens with one attached hydrogen (secondary N) is 1. The number of benzene rings is 5. The highest BCUT2D eigenvalue weighted by Crippen LogP contribution is 2.31. The van der Waals surface area contributed by atoms with Gasteiger partial charge in [0.05, 0.1) is 23.9 Å². The number of imidazole rings is 1. The van der Waals surface area contributed by atoms with Gasteiger partial charge in [0.25, 0.3) is 0 Å². The Kier molecular flexibility index (Phi) is 9.01. The number of hydrogen-bond acceptors (Lipinski definition) is 3. The lowest BCUT2D eigenvalue weighted by molar-refractivity contribution is -0.122. The first kappa shape index (κ1) is 30.2. The fourth-order valence-corrected chi connectivity index (χ4v) is 5.91. The van der Waals surface area contributed by atoms with Crippen LogP contribution in [0, 0.1) is 0 Å². The molecule has 0 radical (unpaired) electrons. The van der Waals surface area contributed by atoms with Crippen LogP contribution in [0.3, 0.4) is 0 Å². The quantitative estimate of drug-likeness (QED) is 0.173. The predicted molar refractivity (Wildman–Crippen MR) is 186 cm³/mol. The summed E-state index contributed by atoms with van der Waals surface area (Å²) >= 11 is 12.7. The molecule has 0 saturated heterocycles. The van der Waals surface area contributed by atoms with Crippen LogP contribution in [0.4, 0.5) is 0 Å². The first-order valence-electron chi connectivity index (χ1n) is 14.6. The number of aromatic nitrogens is 2. The van der Waals surface area contributed by atoms with Crippen LogP contribution >= 0.6 is 23.2 Å². The zero-order chi connectivity index (χ0) is 31.3. The lowest BCUT2D eigenvalue weighted by atomic mass is 10.00. The molecule has 1 amide bonds. The van der Waals surface area contributed by atoms with Crippen molar-refractivity contribution in [3.63, 3.8) is 0 Å². The molecule has 1 heterocycles. The van der Waals surface area contributed by atoms with Crippen molar-refractivity contribution in [2.24, 2.45) is 0 Å². The van der Waals surface area contributed by atoms with Gasteiger partial charge in [-0.25, -0.2) is 4.98 Å². The Morgan fingerprint density at radius 3 is 2.33 bits per heavy atom. The highest BCUT2D eigenvalue weighted by molar-refractivity contribution is 6.36. The average Bonchev–Trinajstić information content (AvgIpc) is 3.45. The Hall–Kier alpha value is -4.84. The van der Waals surface area contributed by atoms with Crippen LogP contribution in [0.5, 0.6) is 5.75 Å². The number of methoxy groups -OCH3 is 1. The SMILES string of the molecule is COc1ccc(-c2ccc(/C=C/c3nc(-c4ccc(Cl)cc4Cl)cn3CC(=O)NC(C)c3cccc4ccccc34)cc2)cc1. The Bertz CT molecular complexity index is 1990. The van der Waals surface area contributed by atoms with Crippen LogP contribution < -0.4 is 10.1 Å². The van der Waals surface area contributed by atoms with Crippen LogP contribution in [-0.4, -0.2) is 22.6 Å². The molecular weight excluding hydrogens is 601 g/mol. The maximum absolute atomic E-state index is 13.4. The van der Waals surface area contributed by atoms with Crippen molar-refractivity contribution < 1.29 is 9.53 Å². The van der Waals surface area contributed by atoms with E-state index in [0.29, 0.717) is 21.6 Å². The largest absolute Gasteiger partial charge is 0.497 e. The molecule has 0 saturated carbocycles. The summed E-state index contributed by atoms with van der Waals surface area (Å²) in [6, 6.07) is 35.7. The lowest BCUT2D eigenvalue weighted by Gasteiger charge is -2.17. The standard InChI is InChI=1S/C38H31Cl2N3O2/c1-25(32-9-5-7-29-6-3-4-8-33(29)32)41-38(44)24-43-23-36(34-20-17-30(39)22-35(34)40)42-37(43)21-12-26-10-13-27(14-11-26)28-15-18-31(45-2)19-16-28/h3-23,25H,24H2,1-2H3,(H,41,44)/b21-12+. The molecule has 6 aromatic rings. The molecule has 0 aliphatic heterocycles. The Balaban J connectivity index is 1.25. The molecule has 5 nitrogen and oxygen atoms in total. The van der Waals surface area contributed by atoms with E-state index in [0.717, 1.165) is 44.3 Å². The molecule has 0 bridgehead atoms. The number of nitrogens with zero attached hydrogens (tertiary/aromatic N) is 2. The van der Waals surface area contributed by atoms with Crippen molar-refractivity contribution in [2.75, 3.05) is 7.11 Å². The maximum Gasteiger partial charge on any atom is 0.240 e. The van der Waals surface area contributed by atoms with E-state index in [1.54, 1.807) is 19.2 Å². The van der Waals surface area contributed by atoms with E-state index in [1.165, 1.54) is 0 Å². The zero-order valence-corrected chi connectivity index (χ0v) is 26.4. The molecule has 224 valence electrons. The van der Waals surface area contributed by atoms with Crippen molar-refractivity contribution in [1.82, 2.24) is 14.9 Å². The van der Waals surface area contributed by atoms with E-state index < -0.39 is 0 Å². The minimum atomic E-state index is -0.180. The highest BCUT2D eigenvalue weighted by Gasteiger charge is 2.16. The summed E-state index contributed by atoms with van der Waals surface area (Å²) in [5.74, 6) is 1.33. The van der Waals surface area contributed by atoms with Gasteiger partial charge in [-0.2, -0.15) is 0 Å². The van der Waals surface area contributed by atoms with E-state index in [9.17, 15) is 4.79 Å². The number of hydrogen-bond donors (Lipinski definition) is 1. The van der Waals surface area contributed by atoms with Crippen LogP contribution in [0.25, 0.3) is 45.3 Å². The summed E-state index contributed by atoms with van der Waals surface area (Å²) in [5, 5.41) is 6.47. The number of halogens is 2. The van der Waals surface area contributed by atoms with Crippen molar-refractivity contribution in [2.45, 2.75) is 19.5 Å². The third-order valence-corrected chi connectivity index (χ3v) is 8.30. The number of amides is 1. The third-order valence-electron chi connectivity index (χ3n) is 7.75. The van der Waals surface area contributed by atoms with Gasteiger partial charge in [0.15, 0.2) is 0 Å². The second-order valence-electron chi connectivity index (χ2n) is 10.8. The van der Waals surface area contributed by atoms with Gasteiger partial charge in [-0.3, -0.25) is 4.79 Å². The molecule has 0 aliphatic carbocycles. The second kappa shape index (κ2) is 13.4. The van der Waals surface area contributed by atoms with Gasteiger partial charge in [0, 0.05) is 16.8 Å². The van der Waals surface area contributed by atoms with Gasteiger partial charge in [-0.15, -0.1) is 0 Å². The fourth-order valence-electron chi connectivity index (χ4n) is 5.41. The molecule has 1 atom stereocenters. The molecule has 1 aromatic heterocycles. The van der Waals surface area contributed by atoms with Crippen molar-refractivity contribution in [3.05, 3.63) is 142 Å². The molecule has 45 heavy (non-hydrogen) atoms. The third kappa shape index (κ3) is 6.96. The number of rotatable bonds is 9. The van der Waals surface area contributed by atoms with E-state index in [2.05, 4.69) is 53.8 Å². The van der Waals surface area contributed by atoms with Gasteiger partial charge in [-0.1, -0.05) is 108 Å². The Labute approximate surface area is 272 Å². The van der Waals surface area contributed by atoms with Crippen LogP contribution in [-0.2, 0) is 11.3 Å². The van der Waals surface area contributed by atoms with E-state index in [-0.39, 0.29) is 18.5 Å². The summed E-state index contributed by atoms with van der Waals surface area (Å²) in [6.45, 7) is 2.09. The minimum absolute atomic E-state index is 0.0867. The lowest BCUT2D eigenvalue weighted by Crippen LogP contribution is -2.30. The van der Waals surface area contributed by atoms with Gasteiger partial charge in [0.1, 0.15) is 18.1 Å². The van der Waals surface area contributed by atoms with E-state index >= 15 is 0 Å². The molecule has 1 unspecified atom stereocenters. The summed E-state index contributed by atoms with van der Waals surface area (Å²) < 4.78 is 7.11. The summed E-state index contributed by atoms with van der Waals surface area (Å²) in [7, 11) is 1.66. The minimum Gasteiger partial charge on any atom is -0.497 e. The Morgan fingerprint density at radius 2 is 1.60 bits per heavy atom. The zero-order valence-electron chi connectivity index (χ0n) is 24.9. The van der Waals surface area contributed by atoms with E-state index in [1.807, 2.05) is 78.4 Å². The van der Waals surface area contributed by atoms with Crippen LogP contribution in [0.1, 0.15) is 29.9 Å². The fraction of sp³-hybridized carbons (Fsp3) is 0.105. The van der Waals surface area contributed by atoms with Gasteiger partial charge >= 0.3 is 0 Å². The number of ether oxygens (including phenoxy) is 1. The van der Waals surface area contributed by atoms with E-state index in [4.69, 9.17) is 32.9 Å².